The van der Waals surface area contributed by atoms with Gasteiger partial charge in [0.15, 0.2) is 11.6 Å². The lowest BCUT2D eigenvalue weighted by atomic mass is 10.2. The van der Waals surface area contributed by atoms with Crippen LogP contribution in [0.2, 0.25) is 0 Å². The van der Waals surface area contributed by atoms with Gasteiger partial charge < -0.3 is 9.32 Å². The monoisotopic (exact) mass is 290 g/mol. The van der Waals surface area contributed by atoms with E-state index in [9.17, 15) is 9.18 Å². The van der Waals surface area contributed by atoms with E-state index in [-0.39, 0.29) is 23.2 Å². The summed E-state index contributed by atoms with van der Waals surface area (Å²) in [5.74, 6) is 0.279. The predicted octanol–water partition coefficient (Wildman–Crippen LogP) is 3.91. The maximum absolute atomic E-state index is 13.9. The van der Waals surface area contributed by atoms with Gasteiger partial charge in [0.05, 0.1) is 5.69 Å². The van der Waals surface area contributed by atoms with Gasteiger partial charge in [0, 0.05) is 12.5 Å². The van der Waals surface area contributed by atoms with Crippen molar-refractivity contribution < 1.29 is 13.6 Å². The molecule has 0 saturated carbocycles. The quantitative estimate of drug-likeness (QED) is 0.857. The Hall–Kier alpha value is -2.17. The number of hydrogen-bond acceptors (Lipinski definition) is 3. The van der Waals surface area contributed by atoms with Crippen LogP contribution in [-0.2, 0) is 0 Å². The fourth-order valence-corrected chi connectivity index (χ4v) is 2.08. The minimum Gasteiger partial charge on any atom is -0.445 e. The van der Waals surface area contributed by atoms with Crippen LogP contribution in [-0.4, -0.2) is 17.4 Å². The second kappa shape index (κ2) is 6.08. The zero-order valence-corrected chi connectivity index (χ0v) is 12.7. The molecule has 0 unspecified atom stereocenters. The van der Waals surface area contributed by atoms with E-state index in [1.165, 1.54) is 11.0 Å². The molecule has 4 nitrogen and oxygen atoms in total. The Morgan fingerprint density at radius 1 is 1.38 bits per heavy atom. The maximum atomic E-state index is 13.9. The normalized spacial score (nSPS) is 11.0. The zero-order chi connectivity index (χ0) is 15.6. The summed E-state index contributed by atoms with van der Waals surface area (Å²) in [6.07, 6.45) is 0. The first-order chi connectivity index (χ1) is 9.95. The summed E-state index contributed by atoms with van der Waals surface area (Å²) in [5, 5.41) is 0. The number of nitrogens with zero attached hydrogens (tertiary/aromatic N) is 2. The van der Waals surface area contributed by atoms with Crippen molar-refractivity contribution in [2.45, 2.75) is 33.6 Å². The summed E-state index contributed by atoms with van der Waals surface area (Å²) in [6.45, 7) is 7.72. The number of aromatic nitrogens is 1. The molecule has 0 atom stereocenters. The Labute approximate surface area is 123 Å². The van der Waals surface area contributed by atoms with Gasteiger partial charge in [0.2, 0.25) is 0 Å². The van der Waals surface area contributed by atoms with E-state index >= 15 is 0 Å². The van der Waals surface area contributed by atoms with Crippen molar-refractivity contribution in [1.29, 1.82) is 0 Å². The second-order valence-electron chi connectivity index (χ2n) is 5.11. The summed E-state index contributed by atoms with van der Waals surface area (Å²) >= 11 is 0. The molecular weight excluding hydrogens is 271 g/mol. The van der Waals surface area contributed by atoms with Crippen molar-refractivity contribution in [1.82, 2.24) is 4.98 Å². The van der Waals surface area contributed by atoms with E-state index in [1.807, 2.05) is 13.8 Å². The summed E-state index contributed by atoms with van der Waals surface area (Å²) in [7, 11) is 0. The highest BCUT2D eigenvalue weighted by Crippen LogP contribution is 2.23. The first-order valence-electron chi connectivity index (χ1n) is 6.99. The predicted molar refractivity (Wildman–Crippen MR) is 79.1 cm³/mol. The number of carbonyl (C=O) groups excluding carboxylic acids is 1. The molecule has 1 heterocycles. The molecule has 0 aliphatic rings. The first-order valence-corrected chi connectivity index (χ1v) is 6.99. The van der Waals surface area contributed by atoms with E-state index in [0.717, 1.165) is 0 Å². The van der Waals surface area contributed by atoms with Gasteiger partial charge >= 0.3 is 0 Å². The molecule has 0 aliphatic carbocycles. The fraction of sp³-hybridized carbons (Fsp3) is 0.375. The maximum Gasteiger partial charge on any atom is 0.280 e. The van der Waals surface area contributed by atoms with E-state index < -0.39 is 5.82 Å². The number of benzene rings is 1. The Morgan fingerprint density at radius 2 is 2.05 bits per heavy atom. The third-order valence-electron chi connectivity index (χ3n) is 3.21. The lowest BCUT2D eigenvalue weighted by molar-refractivity contribution is 0.0982. The van der Waals surface area contributed by atoms with Gasteiger partial charge in [-0.25, -0.2) is 9.37 Å². The summed E-state index contributed by atoms with van der Waals surface area (Å²) in [5.41, 5.74) is 0.488. The molecule has 2 rings (SSSR count). The highest BCUT2D eigenvalue weighted by Gasteiger charge is 2.25. The van der Waals surface area contributed by atoms with Crippen molar-refractivity contribution in [3.8, 4) is 0 Å². The molecule has 0 saturated heterocycles. The van der Waals surface area contributed by atoms with E-state index in [2.05, 4.69) is 4.98 Å². The van der Waals surface area contributed by atoms with Crippen LogP contribution in [0.5, 0.6) is 0 Å². The molecule has 0 aliphatic heterocycles. The number of aryl methyl sites for hydroxylation is 1. The van der Waals surface area contributed by atoms with Gasteiger partial charge in [-0.05, 0) is 26.0 Å². The van der Waals surface area contributed by atoms with Crippen molar-refractivity contribution in [3.05, 3.63) is 47.4 Å². The van der Waals surface area contributed by atoms with E-state index in [0.29, 0.717) is 18.2 Å². The number of halogens is 1. The van der Waals surface area contributed by atoms with Gasteiger partial charge in [0.25, 0.3) is 5.91 Å². The number of para-hydroxylation sites is 1. The van der Waals surface area contributed by atoms with Crippen LogP contribution in [0.4, 0.5) is 10.1 Å². The summed E-state index contributed by atoms with van der Waals surface area (Å²) in [4.78, 5) is 18.2. The Balaban J connectivity index is 2.40. The number of rotatable bonds is 4. The van der Waals surface area contributed by atoms with Gasteiger partial charge in [-0.1, -0.05) is 26.0 Å². The fourth-order valence-electron chi connectivity index (χ4n) is 2.08. The Bertz CT molecular complexity index is 649. The molecule has 0 spiro atoms. The molecule has 0 fully saturated rings. The first kappa shape index (κ1) is 15.2. The molecule has 1 amide bonds. The molecule has 0 radical (unpaired) electrons. The smallest absolute Gasteiger partial charge is 0.280 e. The third kappa shape index (κ3) is 2.96. The van der Waals surface area contributed by atoms with Crippen LogP contribution in [0.15, 0.2) is 28.7 Å². The van der Waals surface area contributed by atoms with Crippen molar-refractivity contribution >= 4 is 11.6 Å². The number of hydrogen-bond donors (Lipinski definition) is 0. The standard InChI is InChI=1S/C16H19FN2O2/c1-5-19(13-9-7-6-8-12(13)17)16(20)14-11(4)21-15(18-14)10(2)3/h6-10H,5H2,1-4H3. The van der Waals surface area contributed by atoms with E-state index in [1.54, 1.807) is 32.0 Å². The molecule has 112 valence electrons. The molecule has 0 N–H and O–H groups in total. The lowest BCUT2D eigenvalue weighted by Crippen LogP contribution is -2.32. The van der Waals surface area contributed by atoms with Gasteiger partial charge in [-0.15, -0.1) is 0 Å². The average molecular weight is 290 g/mol. The minimum atomic E-state index is -0.432. The lowest BCUT2D eigenvalue weighted by Gasteiger charge is -2.20. The van der Waals surface area contributed by atoms with Gasteiger partial charge in [-0.3, -0.25) is 4.79 Å². The molecule has 21 heavy (non-hydrogen) atoms. The van der Waals surface area contributed by atoms with Gasteiger partial charge in [0.1, 0.15) is 11.6 Å². The van der Waals surface area contributed by atoms with E-state index in [4.69, 9.17) is 4.42 Å². The largest absolute Gasteiger partial charge is 0.445 e. The van der Waals surface area contributed by atoms with Crippen LogP contribution in [0.3, 0.4) is 0 Å². The molecule has 2 aromatic rings. The van der Waals surface area contributed by atoms with Crippen LogP contribution in [0.1, 0.15) is 48.8 Å². The second-order valence-corrected chi connectivity index (χ2v) is 5.11. The van der Waals surface area contributed by atoms with Crippen LogP contribution >= 0.6 is 0 Å². The number of amides is 1. The Morgan fingerprint density at radius 3 is 2.57 bits per heavy atom. The topological polar surface area (TPSA) is 46.3 Å². The highest BCUT2D eigenvalue weighted by molar-refractivity contribution is 6.05. The number of oxazole rings is 1. The SMILES string of the molecule is CCN(C(=O)c1nc(C(C)C)oc1C)c1ccccc1F. The average Bonchev–Trinajstić information content (AvgIpc) is 2.84. The highest BCUT2D eigenvalue weighted by atomic mass is 19.1. The van der Waals surface area contributed by atoms with Crippen LogP contribution < -0.4 is 4.90 Å². The Kier molecular flexibility index (Phi) is 4.40. The zero-order valence-electron chi connectivity index (χ0n) is 12.7. The minimum absolute atomic E-state index is 0.0915. The number of anilines is 1. The van der Waals surface area contributed by atoms with Crippen LogP contribution in [0, 0.1) is 12.7 Å². The van der Waals surface area contributed by atoms with Crippen molar-refractivity contribution in [2.75, 3.05) is 11.4 Å². The van der Waals surface area contributed by atoms with Gasteiger partial charge in [-0.2, -0.15) is 0 Å². The van der Waals surface area contributed by atoms with Crippen molar-refractivity contribution in [3.63, 3.8) is 0 Å². The number of carbonyl (C=O) groups is 1. The van der Waals surface area contributed by atoms with Crippen molar-refractivity contribution in [2.24, 2.45) is 0 Å². The summed E-state index contributed by atoms with van der Waals surface area (Å²) in [6, 6.07) is 6.20. The molecular formula is C16H19FN2O2. The molecule has 5 heteroatoms. The summed E-state index contributed by atoms with van der Waals surface area (Å²) < 4.78 is 19.4. The third-order valence-corrected chi connectivity index (χ3v) is 3.21. The molecule has 1 aromatic carbocycles. The molecule has 1 aromatic heterocycles. The van der Waals surface area contributed by atoms with Crippen LogP contribution in [0.25, 0.3) is 0 Å². The molecule has 0 bridgehead atoms.